The van der Waals surface area contributed by atoms with Crippen molar-refractivity contribution < 1.29 is 18.4 Å². The van der Waals surface area contributed by atoms with E-state index in [9.17, 15) is 0 Å². The van der Waals surface area contributed by atoms with Gasteiger partial charge in [-0.15, -0.1) is 0 Å². The third-order valence-corrected chi connectivity index (χ3v) is 1.65. The summed E-state index contributed by atoms with van der Waals surface area (Å²) in [5.74, 6) is 0. The van der Waals surface area contributed by atoms with Gasteiger partial charge < -0.3 is 22.7 Å². The van der Waals surface area contributed by atoms with Gasteiger partial charge in [-0.1, -0.05) is 28.8 Å². The highest BCUT2D eigenvalue weighted by Gasteiger charge is 1.84. The second-order valence-electron chi connectivity index (χ2n) is 1.89. The molecule has 0 saturated heterocycles. The number of hydrogen-bond acceptors (Lipinski definition) is 1. The van der Waals surface area contributed by atoms with Crippen LogP contribution in [0.3, 0.4) is 0 Å². The highest BCUT2D eigenvalue weighted by Crippen LogP contribution is 1.99. The van der Waals surface area contributed by atoms with E-state index in [1.165, 1.54) is 25.7 Å². The fourth-order valence-corrected chi connectivity index (χ4v) is 0.989. The number of alkyl halides is 1. The van der Waals surface area contributed by atoms with Gasteiger partial charge in [0.15, 0.2) is 0 Å². The van der Waals surface area contributed by atoms with E-state index in [2.05, 4.69) is 15.9 Å². The fraction of sp³-hybridized carbons (Fsp3) is 1.00. The van der Waals surface area contributed by atoms with Gasteiger partial charge in [-0.05, 0) is 19.4 Å². The summed E-state index contributed by atoms with van der Waals surface area (Å²) >= 11 is 3.37. The average molecular weight is 261 g/mol. The number of hydrogen-bond donors (Lipinski definition) is 1. The zero-order chi connectivity index (χ0) is 6.24. The molecule has 0 radical (unpaired) electrons. The van der Waals surface area contributed by atoms with Gasteiger partial charge in [-0.25, -0.2) is 0 Å². The largest absolute Gasteiger partial charge is 1.00 e. The molecule has 2 N–H and O–H groups in total. The van der Waals surface area contributed by atoms with E-state index >= 15 is 0 Å². The zero-order valence-corrected chi connectivity index (χ0v) is 8.75. The maximum Gasteiger partial charge on any atom is 1.00 e. The molecule has 0 rings (SSSR count). The van der Waals surface area contributed by atoms with E-state index in [1.54, 1.807) is 0 Å². The summed E-state index contributed by atoms with van der Waals surface area (Å²) in [7, 11) is 0. The van der Waals surface area contributed by atoms with Gasteiger partial charge in [0.25, 0.3) is 0 Å². The van der Waals surface area contributed by atoms with Crippen molar-refractivity contribution in [1.82, 2.24) is 0 Å². The Morgan fingerprint density at radius 2 is 1.67 bits per heavy atom. The highest BCUT2D eigenvalue weighted by molar-refractivity contribution is 9.09. The van der Waals surface area contributed by atoms with Crippen LogP contribution in [0.4, 0.5) is 0 Å². The van der Waals surface area contributed by atoms with Crippen LogP contribution in [-0.2, 0) is 0 Å². The molecule has 0 aromatic rings. The lowest BCUT2D eigenvalue weighted by Crippen LogP contribution is -3.00. The van der Waals surface area contributed by atoms with Crippen LogP contribution >= 0.6 is 15.9 Å². The third kappa shape index (κ3) is 12.2. The van der Waals surface area contributed by atoms with E-state index in [-0.39, 0.29) is 18.4 Å². The van der Waals surface area contributed by atoms with Crippen molar-refractivity contribution in [1.29, 1.82) is 0 Å². The Bertz CT molecular complexity index is 40.7. The molecule has 3 heteroatoms. The maximum atomic E-state index is 5.30. The quantitative estimate of drug-likeness (QED) is 0.499. The van der Waals surface area contributed by atoms with Gasteiger partial charge in [0.05, 0.1) is 0 Å². The molecule has 58 valence electrons. The first kappa shape index (κ1) is 12.6. The third-order valence-electron chi connectivity index (χ3n) is 1.09. The smallest absolute Gasteiger partial charge is 1.00 e. The van der Waals surface area contributed by atoms with Crippen LogP contribution in [0.25, 0.3) is 0 Å². The van der Waals surface area contributed by atoms with Gasteiger partial charge in [-0.3, -0.25) is 0 Å². The minimum atomic E-state index is 0. The molecular formula is C6H15Br2N. The van der Waals surface area contributed by atoms with Crippen molar-refractivity contribution in [2.75, 3.05) is 11.9 Å². The maximum absolute atomic E-state index is 5.30. The fourth-order valence-electron chi connectivity index (χ4n) is 0.592. The Morgan fingerprint density at radius 3 is 2.11 bits per heavy atom. The summed E-state index contributed by atoms with van der Waals surface area (Å²) in [6.45, 7) is 0.849. The van der Waals surface area contributed by atoms with Crippen LogP contribution in [0.5, 0.6) is 0 Å². The number of rotatable bonds is 5. The molecule has 0 spiro atoms. The van der Waals surface area contributed by atoms with Crippen molar-refractivity contribution >= 4 is 15.9 Å². The minimum absolute atomic E-state index is 0. The van der Waals surface area contributed by atoms with Gasteiger partial charge in [0, 0.05) is 5.33 Å². The van der Waals surface area contributed by atoms with Crippen LogP contribution in [0.15, 0.2) is 0 Å². The Balaban J connectivity index is -0.000000245. The Morgan fingerprint density at radius 1 is 1.11 bits per heavy atom. The monoisotopic (exact) mass is 259 g/mol. The van der Waals surface area contributed by atoms with Crippen molar-refractivity contribution in [3.8, 4) is 0 Å². The Labute approximate surface area is 77.8 Å². The minimum Gasteiger partial charge on any atom is -1.00 e. The van der Waals surface area contributed by atoms with E-state index in [0.717, 1.165) is 11.9 Å². The lowest BCUT2D eigenvalue weighted by molar-refractivity contribution is -0.00000176. The van der Waals surface area contributed by atoms with Crippen LogP contribution in [0, 0.1) is 0 Å². The number of nitrogens with two attached hydrogens (primary N) is 1. The molecule has 0 bridgehead atoms. The molecule has 0 saturated carbocycles. The molecule has 0 aliphatic carbocycles. The molecule has 0 aromatic carbocycles. The molecule has 0 aromatic heterocycles. The highest BCUT2D eigenvalue weighted by atomic mass is 79.9. The SMILES string of the molecule is NCCCCCCBr.[Br-].[H+]. The van der Waals surface area contributed by atoms with Gasteiger partial charge in [-0.2, -0.15) is 0 Å². The van der Waals surface area contributed by atoms with E-state index < -0.39 is 0 Å². The van der Waals surface area contributed by atoms with Crippen molar-refractivity contribution in [3.05, 3.63) is 0 Å². The second-order valence-corrected chi connectivity index (χ2v) is 2.68. The Hall–Kier alpha value is 0.920. The molecule has 0 fully saturated rings. The van der Waals surface area contributed by atoms with Crippen molar-refractivity contribution in [2.45, 2.75) is 25.7 Å². The van der Waals surface area contributed by atoms with Crippen LogP contribution < -0.4 is 22.7 Å². The molecule has 0 amide bonds. The van der Waals surface area contributed by atoms with Crippen molar-refractivity contribution in [3.63, 3.8) is 0 Å². The lowest BCUT2D eigenvalue weighted by Gasteiger charge is -1.93. The van der Waals surface area contributed by atoms with Gasteiger partial charge in [0.1, 0.15) is 0 Å². The summed E-state index contributed by atoms with van der Waals surface area (Å²) in [6, 6.07) is 0. The average Bonchev–Trinajstić information content (AvgIpc) is 1.81. The number of halogens is 2. The molecule has 0 aliphatic rings. The first-order valence-corrected chi connectivity index (χ1v) is 4.30. The first-order valence-electron chi connectivity index (χ1n) is 3.18. The van der Waals surface area contributed by atoms with Crippen LogP contribution in [0.1, 0.15) is 27.1 Å². The Kier molecular flexibility index (Phi) is 16.3. The lowest BCUT2D eigenvalue weighted by atomic mass is 10.2. The number of unbranched alkanes of at least 4 members (excludes halogenated alkanes) is 3. The standard InChI is InChI=1S/C6H14BrN.BrH/c7-5-3-1-2-4-6-8;/h1-6,8H2;1H. The van der Waals surface area contributed by atoms with Crippen LogP contribution in [-0.4, -0.2) is 11.9 Å². The second kappa shape index (κ2) is 11.7. The summed E-state index contributed by atoms with van der Waals surface area (Å²) in [5, 5.41) is 1.14. The molecule has 0 heterocycles. The normalized spacial score (nSPS) is 8.67. The summed E-state index contributed by atoms with van der Waals surface area (Å²) in [5.41, 5.74) is 5.30. The molecular weight excluding hydrogens is 246 g/mol. The molecule has 0 aliphatic heterocycles. The first-order chi connectivity index (χ1) is 3.91. The predicted octanol–water partition coefficient (Wildman–Crippen LogP) is -0.983. The summed E-state index contributed by atoms with van der Waals surface area (Å²) in [4.78, 5) is 0. The van der Waals surface area contributed by atoms with Gasteiger partial charge >= 0.3 is 1.43 Å². The summed E-state index contributed by atoms with van der Waals surface area (Å²) < 4.78 is 0. The van der Waals surface area contributed by atoms with Gasteiger partial charge in [0.2, 0.25) is 0 Å². The summed E-state index contributed by atoms with van der Waals surface area (Å²) in [6.07, 6.45) is 5.09. The van der Waals surface area contributed by atoms with Crippen LogP contribution in [0.2, 0.25) is 0 Å². The van der Waals surface area contributed by atoms with E-state index in [4.69, 9.17) is 5.73 Å². The molecule has 9 heavy (non-hydrogen) atoms. The topological polar surface area (TPSA) is 26.0 Å². The van der Waals surface area contributed by atoms with E-state index in [0.29, 0.717) is 0 Å². The predicted molar refractivity (Wildman–Crippen MR) is 42.4 cm³/mol. The van der Waals surface area contributed by atoms with Crippen molar-refractivity contribution in [2.24, 2.45) is 5.73 Å². The molecule has 0 atom stereocenters. The van der Waals surface area contributed by atoms with E-state index in [1.807, 2.05) is 0 Å². The molecule has 1 nitrogen and oxygen atoms in total. The zero-order valence-electron chi connectivity index (χ0n) is 6.58. The molecule has 0 unspecified atom stereocenters.